The molecule has 1 aromatic heterocycles. The van der Waals surface area contributed by atoms with Crippen molar-refractivity contribution in [2.45, 2.75) is 26.3 Å². The highest BCUT2D eigenvalue weighted by molar-refractivity contribution is 5.81. The number of amides is 1. The van der Waals surface area contributed by atoms with Gasteiger partial charge in [-0.3, -0.25) is 0 Å². The second-order valence-corrected chi connectivity index (χ2v) is 7.66. The first-order chi connectivity index (χ1) is 16.8. The fourth-order valence-corrected chi connectivity index (χ4v) is 2.62. The van der Waals surface area contributed by atoms with Gasteiger partial charge in [0, 0.05) is 19.2 Å². The fraction of sp³-hybridized carbons (Fsp3) is 0.727. The van der Waals surface area contributed by atoms with Crippen molar-refractivity contribution < 1.29 is 53.1 Å². The molecule has 35 heavy (non-hydrogen) atoms. The van der Waals surface area contributed by atoms with Gasteiger partial charge in [0.05, 0.1) is 59.5 Å². The second-order valence-electron chi connectivity index (χ2n) is 7.66. The summed E-state index contributed by atoms with van der Waals surface area (Å²) in [5, 5.41) is 21.6. The first-order valence-electron chi connectivity index (χ1n) is 11.4. The first kappa shape index (κ1) is 30.5. The molecule has 202 valence electrons. The Morgan fingerprint density at radius 3 is 1.74 bits per heavy atom. The molecule has 3 N–H and O–H groups in total. The molecule has 0 aliphatic heterocycles. The SMILES string of the molecule is COCCOCCOCCOCCOCCOC(=O)N[C@@H](CC(C)C)C(=O)On1c(O)ccc1O. The number of alkyl carbamates (subject to hydrolysis) is 1. The van der Waals surface area contributed by atoms with E-state index in [0.29, 0.717) is 57.6 Å². The lowest BCUT2D eigenvalue weighted by Crippen LogP contribution is -2.45. The van der Waals surface area contributed by atoms with Crippen LogP contribution in [0.2, 0.25) is 0 Å². The average Bonchev–Trinajstić information content (AvgIpc) is 3.12. The monoisotopic (exact) mass is 506 g/mol. The van der Waals surface area contributed by atoms with Gasteiger partial charge in [0.2, 0.25) is 11.8 Å². The van der Waals surface area contributed by atoms with Crippen molar-refractivity contribution in [2.24, 2.45) is 5.92 Å². The molecule has 0 bridgehead atoms. The maximum atomic E-state index is 12.4. The van der Waals surface area contributed by atoms with E-state index in [9.17, 15) is 19.8 Å². The van der Waals surface area contributed by atoms with Gasteiger partial charge in [-0.05, 0) is 12.3 Å². The maximum Gasteiger partial charge on any atom is 0.407 e. The van der Waals surface area contributed by atoms with E-state index in [1.807, 2.05) is 13.8 Å². The first-order valence-corrected chi connectivity index (χ1v) is 11.4. The summed E-state index contributed by atoms with van der Waals surface area (Å²) in [4.78, 5) is 29.4. The number of nitrogens with zero attached hydrogens (tertiary/aromatic N) is 1. The van der Waals surface area contributed by atoms with E-state index < -0.39 is 29.9 Å². The molecule has 1 amide bonds. The van der Waals surface area contributed by atoms with E-state index in [2.05, 4.69) is 5.32 Å². The zero-order valence-corrected chi connectivity index (χ0v) is 20.6. The molecule has 0 aliphatic rings. The Kier molecular flexibility index (Phi) is 16.3. The third-order valence-electron chi connectivity index (χ3n) is 4.27. The van der Waals surface area contributed by atoms with Crippen LogP contribution >= 0.6 is 0 Å². The normalized spacial score (nSPS) is 12.0. The molecule has 1 rings (SSSR count). The molecule has 13 heteroatoms. The highest BCUT2D eigenvalue weighted by Gasteiger charge is 2.26. The van der Waals surface area contributed by atoms with Gasteiger partial charge in [-0.1, -0.05) is 13.8 Å². The Morgan fingerprint density at radius 2 is 1.29 bits per heavy atom. The highest BCUT2D eigenvalue weighted by atomic mass is 16.7. The number of aromatic nitrogens is 1. The van der Waals surface area contributed by atoms with Crippen LogP contribution in [0.3, 0.4) is 0 Å². The van der Waals surface area contributed by atoms with Crippen LogP contribution in [0.5, 0.6) is 11.8 Å². The van der Waals surface area contributed by atoms with Crippen LogP contribution in [0, 0.1) is 5.92 Å². The van der Waals surface area contributed by atoms with Crippen LogP contribution in [0.4, 0.5) is 4.79 Å². The molecule has 0 aromatic carbocycles. The number of carbonyl (C=O) groups excluding carboxylic acids is 2. The number of ether oxygens (including phenoxy) is 6. The summed E-state index contributed by atoms with van der Waals surface area (Å²) in [5.41, 5.74) is 0. The average molecular weight is 507 g/mol. The Morgan fingerprint density at radius 1 is 0.829 bits per heavy atom. The quantitative estimate of drug-likeness (QED) is 0.214. The van der Waals surface area contributed by atoms with E-state index >= 15 is 0 Å². The van der Waals surface area contributed by atoms with E-state index in [1.54, 1.807) is 7.11 Å². The third kappa shape index (κ3) is 14.4. The lowest BCUT2D eigenvalue weighted by atomic mass is 10.0. The minimum Gasteiger partial charge on any atom is -0.492 e. The van der Waals surface area contributed by atoms with Gasteiger partial charge in [-0.2, -0.15) is 0 Å². The van der Waals surface area contributed by atoms with Crippen molar-refractivity contribution >= 4 is 12.1 Å². The number of hydrogen-bond donors (Lipinski definition) is 3. The van der Waals surface area contributed by atoms with Crippen molar-refractivity contribution in [3.63, 3.8) is 0 Å². The molecule has 1 atom stereocenters. The van der Waals surface area contributed by atoms with Crippen LogP contribution in [-0.2, 0) is 33.2 Å². The molecule has 0 unspecified atom stereocenters. The molecule has 1 heterocycles. The zero-order valence-electron chi connectivity index (χ0n) is 20.6. The van der Waals surface area contributed by atoms with Crippen molar-refractivity contribution in [1.29, 1.82) is 0 Å². The summed E-state index contributed by atoms with van der Waals surface area (Å²) in [6.07, 6.45) is -0.563. The Balaban J connectivity index is 2.12. The number of methoxy groups -OCH3 is 1. The molecule has 13 nitrogen and oxygen atoms in total. The van der Waals surface area contributed by atoms with E-state index in [1.165, 1.54) is 0 Å². The summed E-state index contributed by atoms with van der Waals surface area (Å²) in [7, 11) is 1.61. The number of aromatic hydroxyl groups is 2. The van der Waals surface area contributed by atoms with Gasteiger partial charge >= 0.3 is 12.1 Å². The van der Waals surface area contributed by atoms with Gasteiger partial charge in [-0.25, -0.2) is 9.59 Å². The number of rotatable bonds is 20. The minimum absolute atomic E-state index is 0.0271. The molecule has 0 aliphatic carbocycles. The summed E-state index contributed by atoms with van der Waals surface area (Å²) >= 11 is 0. The molecule has 0 spiro atoms. The van der Waals surface area contributed by atoms with Crippen LogP contribution in [0.15, 0.2) is 12.1 Å². The molecular formula is C22H38N2O11. The smallest absolute Gasteiger partial charge is 0.407 e. The van der Waals surface area contributed by atoms with Gasteiger partial charge in [0.25, 0.3) is 0 Å². The number of hydrogen-bond acceptors (Lipinski definition) is 11. The molecular weight excluding hydrogens is 468 g/mol. The Bertz CT molecular complexity index is 692. The zero-order chi connectivity index (χ0) is 25.9. The predicted molar refractivity (Wildman–Crippen MR) is 122 cm³/mol. The van der Waals surface area contributed by atoms with Crippen LogP contribution in [-0.4, -0.2) is 106 Å². The lowest BCUT2D eigenvalue weighted by molar-refractivity contribution is -0.148. The maximum absolute atomic E-state index is 12.4. The van der Waals surface area contributed by atoms with Gasteiger partial charge in [0.1, 0.15) is 12.6 Å². The molecule has 0 saturated heterocycles. The summed E-state index contributed by atoms with van der Waals surface area (Å²) in [6.45, 7) is 7.46. The van der Waals surface area contributed by atoms with E-state index in [-0.39, 0.29) is 25.6 Å². The van der Waals surface area contributed by atoms with Crippen molar-refractivity contribution in [2.75, 3.05) is 73.2 Å². The molecule has 0 radical (unpaired) electrons. The second kappa shape index (κ2) is 18.7. The van der Waals surface area contributed by atoms with E-state index in [0.717, 1.165) is 12.1 Å². The van der Waals surface area contributed by atoms with Gasteiger partial charge in [0.15, 0.2) is 0 Å². The molecule has 0 fully saturated rings. The van der Waals surface area contributed by atoms with Crippen molar-refractivity contribution in [1.82, 2.24) is 10.0 Å². The largest absolute Gasteiger partial charge is 0.492 e. The Hall–Kier alpha value is -2.58. The molecule has 0 saturated carbocycles. The topological polar surface area (TPSA) is 156 Å². The van der Waals surface area contributed by atoms with Gasteiger partial charge in [-0.15, -0.1) is 4.73 Å². The van der Waals surface area contributed by atoms with Crippen molar-refractivity contribution in [3.8, 4) is 11.8 Å². The summed E-state index contributed by atoms with van der Waals surface area (Å²) in [5.74, 6) is -1.74. The van der Waals surface area contributed by atoms with Gasteiger partial charge < -0.3 is 48.8 Å². The van der Waals surface area contributed by atoms with Crippen molar-refractivity contribution in [3.05, 3.63) is 12.1 Å². The van der Waals surface area contributed by atoms with Crippen LogP contribution < -0.4 is 10.2 Å². The number of nitrogens with one attached hydrogen (secondary N) is 1. The summed E-state index contributed by atoms with van der Waals surface area (Å²) in [6, 6.07) is 1.27. The highest BCUT2D eigenvalue weighted by Crippen LogP contribution is 2.19. The minimum atomic E-state index is -1.04. The van der Waals surface area contributed by atoms with Crippen LogP contribution in [0.1, 0.15) is 20.3 Å². The Labute approximate surface area is 205 Å². The summed E-state index contributed by atoms with van der Waals surface area (Å²) < 4.78 is 31.7. The molecule has 1 aromatic rings. The standard InChI is InChI=1S/C22H38N2O11/c1-17(2)16-18(21(27)35-24-19(25)4-5-20(24)26)23-22(28)34-15-14-33-13-12-32-11-10-31-9-8-30-7-6-29-3/h4-5,17-18,25-26H,6-16H2,1-3H3,(H,23,28)/t18-/m0/s1. The number of carbonyl (C=O) groups is 2. The lowest BCUT2D eigenvalue weighted by Gasteiger charge is -2.19. The third-order valence-corrected chi connectivity index (χ3v) is 4.27. The predicted octanol–water partition coefficient (Wildman–Crippen LogP) is 0.708. The van der Waals surface area contributed by atoms with E-state index in [4.69, 9.17) is 33.3 Å². The van der Waals surface area contributed by atoms with Crippen LogP contribution in [0.25, 0.3) is 0 Å². The fourth-order valence-electron chi connectivity index (χ4n) is 2.62.